The summed E-state index contributed by atoms with van der Waals surface area (Å²) in [6, 6.07) is 25.1. The zero-order valence-corrected chi connectivity index (χ0v) is 24.1. The molecule has 0 saturated carbocycles. The number of benzene rings is 3. The Labute approximate surface area is 238 Å². The average Bonchev–Trinajstić information content (AvgIpc) is 2.94. The molecule has 1 atom stereocenters. The van der Waals surface area contributed by atoms with Gasteiger partial charge in [-0.1, -0.05) is 74.5 Å². The maximum atomic E-state index is 12.3. The van der Waals surface area contributed by atoms with Gasteiger partial charge in [-0.15, -0.1) is 0 Å². The lowest BCUT2D eigenvalue weighted by atomic mass is 9.86. The monoisotopic (exact) mass is 545 g/mol. The Bertz CT molecular complexity index is 1230. The number of urea groups is 1. The largest absolute Gasteiger partial charge is 0.497 e. The summed E-state index contributed by atoms with van der Waals surface area (Å²) in [5.41, 5.74) is 9.97. The zero-order chi connectivity index (χ0) is 29.0. The summed E-state index contributed by atoms with van der Waals surface area (Å²) in [5.74, 6) is 1.46. The summed E-state index contributed by atoms with van der Waals surface area (Å²) in [7, 11) is 1.58. The van der Waals surface area contributed by atoms with Gasteiger partial charge in [0.15, 0.2) is 5.96 Å². The number of ether oxygens (including phenoxy) is 1. The molecule has 3 rings (SSSR count). The Kier molecular flexibility index (Phi) is 11.4. The van der Waals surface area contributed by atoms with Gasteiger partial charge in [0.2, 0.25) is 0 Å². The van der Waals surface area contributed by atoms with Crippen LogP contribution in [0.1, 0.15) is 50.3 Å². The molecule has 0 aliphatic rings. The van der Waals surface area contributed by atoms with Crippen molar-refractivity contribution >= 4 is 17.7 Å². The minimum absolute atomic E-state index is 0.237. The second-order valence-corrected chi connectivity index (χ2v) is 10.7. The van der Waals surface area contributed by atoms with Crippen molar-refractivity contribution in [3.63, 3.8) is 0 Å². The van der Waals surface area contributed by atoms with Crippen molar-refractivity contribution in [2.45, 2.75) is 58.7 Å². The number of hydrogen-bond acceptors (Lipinski definition) is 4. The predicted molar refractivity (Wildman–Crippen MR) is 162 cm³/mol. The van der Waals surface area contributed by atoms with Gasteiger partial charge in [-0.25, -0.2) is 9.79 Å². The quantitative estimate of drug-likeness (QED) is 0.128. The molecule has 3 aromatic carbocycles. The second kappa shape index (κ2) is 14.9. The number of aliphatic imine (C=N–C) groups is 1. The highest BCUT2D eigenvalue weighted by molar-refractivity contribution is 5.89. The average molecular weight is 546 g/mol. The summed E-state index contributed by atoms with van der Waals surface area (Å²) in [5, 5.41) is 15.8. The highest BCUT2D eigenvalue weighted by atomic mass is 16.5. The van der Waals surface area contributed by atoms with Crippen molar-refractivity contribution in [2.75, 3.05) is 19.2 Å². The van der Waals surface area contributed by atoms with Crippen LogP contribution in [0.25, 0.3) is 0 Å². The van der Waals surface area contributed by atoms with Crippen LogP contribution in [0, 0.1) is 5.92 Å². The van der Waals surface area contributed by atoms with E-state index in [1.807, 2.05) is 42.5 Å². The van der Waals surface area contributed by atoms with Gasteiger partial charge in [0.25, 0.3) is 0 Å². The van der Waals surface area contributed by atoms with Crippen molar-refractivity contribution in [3.8, 4) is 5.75 Å². The van der Waals surface area contributed by atoms with Crippen molar-refractivity contribution in [1.82, 2.24) is 10.2 Å². The van der Waals surface area contributed by atoms with Gasteiger partial charge in [0, 0.05) is 24.8 Å². The molecule has 0 aliphatic heterocycles. The van der Waals surface area contributed by atoms with E-state index in [4.69, 9.17) is 15.5 Å². The fourth-order valence-corrected chi connectivity index (χ4v) is 4.73. The van der Waals surface area contributed by atoms with Crippen LogP contribution < -0.4 is 21.1 Å². The van der Waals surface area contributed by atoms with Crippen molar-refractivity contribution in [2.24, 2.45) is 16.6 Å². The molecule has 214 valence electrons. The molecule has 0 heterocycles. The third-order valence-corrected chi connectivity index (χ3v) is 6.70. The standard InChI is InChI=1S/C32H43N5O3/c1-24(2)20-32(3,18-17-25-9-6-5-7-10-25)36-30(33)37(23-38)22-27-15-13-26(14-16-27)21-34-31(39)35-28-11-8-12-29(19-28)40-4/h5-16,19,24,38H,17-18,20-23H2,1-4H3,(H2,33,36)(H2,34,35,39). The number of aliphatic hydroxyl groups excluding tert-OH is 1. The molecule has 2 amide bonds. The van der Waals surface area contributed by atoms with Crippen LogP contribution in [-0.4, -0.2) is 41.4 Å². The number of anilines is 1. The molecule has 0 saturated heterocycles. The van der Waals surface area contributed by atoms with E-state index in [0.717, 1.165) is 30.4 Å². The topological polar surface area (TPSA) is 112 Å². The summed E-state index contributed by atoms with van der Waals surface area (Å²) < 4.78 is 5.19. The van der Waals surface area contributed by atoms with Crippen LogP contribution in [0.2, 0.25) is 0 Å². The van der Waals surface area contributed by atoms with E-state index < -0.39 is 0 Å². The van der Waals surface area contributed by atoms with Gasteiger partial charge in [0.1, 0.15) is 12.5 Å². The van der Waals surface area contributed by atoms with E-state index in [-0.39, 0.29) is 18.3 Å². The van der Waals surface area contributed by atoms with Crippen molar-refractivity contribution in [1.29, 1.82) is 0 Å². The number of aryl methyl sites for hydroxylation is 1. The van der Waals surface area contributed by atoms with E-state index in [1.165, 1.54) is 5.56 Å². The van der Waals surface area contributed by atoms with Gasteiger partial charge < -0.3 is 31.1 Å². The van der Waals surface area contributed by atoms with Gasteiger partial charge in [-0.2, -0.15) is 0 Å². The number of guanidine groups is 1. The lowest BCUT2D eigenvalue weighted by molar-refractivity contribution is 0.161. The number of rotatable bonds is 13. The van der Waals surface area contributed by atoms with Crippen molar-refractivity contribution in [3.05, 3.63) is 95.6 Å². The number of amides is 2. The Morgan fingerprint density at radius 1 is 1.02 bits per heavy atom. The number of carbonyl (C=O) groups is 1. The van der Waals surface area contributed by atoms with Gasteiger partial charge in [-0.3, -0.25) is 0 Å². The molecule has 0 bridgehead atoms. The summed E-state index contributed by atoms with van der Waals surface area (Å²) >= 11 is 0. The number of nitrogens with one attached hydrogen (secondary N) is 2. The summed E-state index contributed by atoms with van der Waals surface area (Å²) in [6.45, 7) is 7.08. The highest BCUT2D eigenvalue weighted by Crippen LogP contribution is 2.27. The molecule has 1 unspecified atom stereocenters. The molecule has 0 radical (unpaired) electrons. The van der Waals surface area contributed by atoms with Gasteiger partial charge >= 0.3 is 6.03 Å². The van der Waals surface area contributed by atoms with Crippen LogP contribution >= 0.6 is 0 Å². The molecule has 3 aromatic rings. The number of carbonyl (C=O) groups excluding carboxylic acids is 1. The van der Waals surface area contributed by atoms with E-state index in [1.54, 1.807) is 24.1 Å². The molecular formula is C32H43N5O3. The third kappa shape index (κ3) is 9.93. The van der Waals surface area contributed by atoms with Crippen LogP contribution in [0.5, 0.6) is 5.75 Å². The molecule has 0 aromatic heterocycles. The molecule has 0 fully saturated rings. The summed E-state index contributed by atoms with van der Waals surface area (Å²) in [4.78, 5) is 18.9. The first-order valence-electron chi connectivity index (χ1n) is 13.7. The van der Waals surface area contributed by atoms with Gasteiger partial charge in [-0.05, 0) is 60.9 Å². The van der Waals surface area contributed by atoms with E-state index in [2.05, 4.69) is 55.7 Å². The normalized spacial score (nSPS) is 13.0. The van der Waals surface area contributed by atoms with Crippen LogP contribution in [-0.2, 0) is 19.5 Å². The first-order chi connectivity index (χ1) is 19.2. The molecule has 8 heteroatoms. The zero-order valence-electron chi connectivity index (χ0n) is 24.1. The summed E-state index contributed by atoms with van der Waals surface area (Å²) in [6.07, 6.45) is 2.67. The Hall–Kier alpha value is -4.04. The first kappa shape index (κ1) is 30.5. The predicted octanol–water partition coefficient (Wildman–Crippen LogP) is 5.52. The number of aliphatic hydroxyl groups is 1. The molecule has 0 aliphatic carbocycles. The van der Waals surface area contributed by atoms with Gasteiger partial charge in [0.05, 0.1) is 12.6 Å². The maximum absolute atomic E-state index is 12.3. The molecular weight excluding hydrogens is 502 g/mol. The lowest BCUT2D eigenvalue weighted by Gasteiger charge is -2.30. The third-order valence-electron chi connectivity index (χ3n) is 6.70. The Morgan fingerprint density at radius 3 is 2.38 bits per heavy atom. The minimum Gasteiger partial charge on any atom is -0.497 e. The first-order valence-corrected chi connectivity index (χ1v) is 13.7. The fraction of sp³-hybridized carbons (Fsp3) is 0.375. The SMILES string of the molecule is COc1cccc(NC(=O)NCc2ccc(CN(CO)C(N)=NC(C)(CCc3ccccc3)CC(C)C)cc2)c1. The number of nitrogens with zero attached hydrogens (tertiary/aromatic N) is 2. The Balaban J connectivity index is 1.58. The molecule has 40 heavy (non-hydrogen) atoms. The smallest absolute Gasteiger partial charge is 0.319 e. The van der Waals surface area contributed by atoms with E-state index in [0.29, 0.717) is 36.4 Å². The van der Waals surface area contributed by atoms with E-state index >= 15 is 0 Å². The lowest BCUT2D eigenvalue weighted by Crippen LogP contribution is -2.41. The fourth-order valence-electron chi connectivity index (χ4n) is 4.73. The number of nitrogens with two attached hydrogens (primary N) is 1. The highest BCUT2D eigenvalue weighted by Gasteiger charge is 2.26. The molecule has 5 N–H and O–H groups in total. The number of methoxy groups -OCH3 is 1. The number of hydrogen-bond donors (Lipinski definition) is 4. The minimum atomic E-state index is -0.345. The molecule has 8 nitrogen and oxygen atoms in total. The van der Waals surface area contributed by atoms with Crippen molar-refractivity contribution < 1.29 is 14.6 Å². The van der Waals surface area contributed by atoms with Crippen LogP contribution in [0.4, 0.5) is 10.5 Å². The van der Waals surface area contributed by atoms with E-state index in [9.17, 15) is 9.90 Å². The van der Waals surface area contributed by atoms with Crippen LogP contribution in [0.3, 0.4) is 0 Å². The second-order valence-electron chi connectivity index (χ2n) is 10.7. The Morgan fingerprint density at radius 2 is 1.73 bits per heavy atom. The van der Waals surface area contributed by atoms with Crippen LogP contribution in [0.15, 0.2) is 83.9 Å². The maximum Gasteiger partial charge on any atom is 0.319 e. The molecule has 0 spiro atoms.